The van der Waals surface area contributed by atoms with E-state index in [9.17, 15) is 4.79 Å². The molecular formula is C9H6BrN3O2. The van der Waals surface area contributed by atoms with Gasteiger partial charge < -0.3 is 10.1 Å². The smallest absolute Gasteiger partial charge is 0.353 e. The summed E-state index contributed by atoms with van der Waals surface area (Å²) in [5, 5.41) is 8.72. The third-order valence-corrected chi connectivity index (χ3v) is 2.47. The molecule has 15 heavy (non-hydrogen) atoms. The zero-order chi connectivity index (χ0) is 10.8. The normalized spacial score (nSPS) is 10.2. The number of rotatable bonds is 2. The number of nitrogens with zero attached hydrogens (tertiary/aromatic N) is 2. The lowest BCUT2D eigenvalue weighted by atomic mass is 10.2. The highest BCUT2D eigenvalue weighted by Gasteiger charge is 2.10. The molecule has 5 nitrogen and oxygen atoms in total. The minimum absolute atomic E-state index is 0.0636. The van der Waals surface area contributed by atoms with Crippen LogP contribution in [0.3, 0.4) is 0 Å². The molecule has 0 aliphatic heterocycles. The van der Waals surface area contributed by atoms with Crippen molar-refractivity contribution in [2.24, 2.45) is 0 Å². The van der Waals surface area contributed by atoms with Gasteiger partial charge in [-0.05, 0) is 22.0 Å². The first kappa shape index (κ1) is 9.85. The van der Waals surface area contributed by atoms with Crippen LogP contribution in [-0.2, 0) is 0 Å². The van der Waals surface area contributed by atoms with Crippen molar-refractivity contribution in [1.82, 2.24) is 15.0 Å². The van der Waals surface area contributed by atoms with Crippen LogP contribution in [0.25, 0.3) is 11.4 Å². The fourth-order valence-corrected chi connectivity index (χ4v) is 1.57. The second kappa shape index (κ2) is 3.82. The second-order valence-electron chi connectivity index (χ2n) is 2.81. The van der Waals surface area contributed by atoms with E-state index in [1.165, 1.54) is 6.20 Å². The van der Waals surface area contributed by atoms with Crippen molar-refractivity contribution < 1.29 is 9.90 Å². The fourth-order valence-electron chi connectivity index (χ4n) is 1.13. The molecule has 0 saturated carbocycles. The molecule has 2 N–H and O–H groups in total. The number of hydrogen-bond acceptors (Lipinski definition) is 3. The number of carboxylic acid groups (broad SMARTS) is 1. The van der Waals surface area contributed by atoms with E-state index in [0.29, 0.717) is 5.82 Å². The molecule has 76 valence electrons. The number of H-pyrrole nitrogens is 1. The molecule has 2 rings (SSSR count). The summed E-state index contributed by atoms with van der Waals surface area (Å²) >= 11 is 3.31. The van der Waals surface area contributed by atoms with Crippen molar-refractivity contribution in [3.05, 3.63) is 34.8 Å². The van der Waals surface area contributed by atoms with Gasteiger partial charge in [0.25, 0.3) is 0 Å². The molecule has 6 heteroatoms. The number of aromatic carboxylic acids is 1. The number of carboxylic acids is 1. The van der Waals surface area contributed by atoms with Gasteiger partial charge in [-0.2, -0.15) is 0 Å². The average molecular weight is 268 g/mol. The predicted octanol–water partition coefficient (Wildman–Crippen LogP) is 1.93. The Morgan fingerprint density at radius 2 is 2.27 bits per heavy atom. The van der Waals surface area contributed by atoms with E-state index >= 15 is 0 Å². The van der Waals surface area contributed by atoms with Gasteiger partial charge in [0.15, 0.2) is 0 Å². The summed E-state index contributed by atoms with van der Waals surface area (Å²) in [5.74, 6) is -0.527. The summed E-state index contributed by atoms with van der Waals surface area (Å²) < 4.78 is 0.760. The highest BCUT2D eigenvalue weighted by molar-refractivity contribution is 9.10. The summed E-state index contributed by atoms with van der Waals surface area (Å²) in [6, 6.07) is 1.74. The Morgan fingerprint density at radius 3 is 2.87 bits per heavy atom. The van der Waals surface area contributed by atoms with Gasteiger partial charge in [-0.1, -0.05) is 0 Å². The SMILES string of the molecule is O=C(O)c1cnc(-c2ccncc2Br)[nH]1. The van der Waals surface area contributed by atoms with Crippen molar-refractivity contribution >= 4 is 21.9 Å². The van der Waals surface area contributed by atoms with Gasteiger partial charge in [0.2, 0.25) is 0 Å². The van der Waals surface area contributed by atoms with E-state index in [1.54, 1.807) is 18.5 Å². The Hall–Kier alpha value is -1.69. The van der Waals surface area contributed by atoms with Crippen molar-refractivity contribution in [1.29, 1.82) is 0 Å². The van der Waals surface area contributed by atoms with E-state index in [2.05, 4.69) is 30.9 Å². The molecule has 0 radical (unpaired) electrons. The average Bonchev–Trinajstić information content (AvgIpc) is 2.67. The van der Waals surface area contributed by atoms with E-state index in [4.69, 9.17) is 5.11 Å². The number of carbonyl (C=O) groups is 1. The van der Waals surface area contributed by atoms with Crippen LogP contribution in [0.2, 0.25) is 0 Å². The molecule has 0 spiro atoms. The molecule has 0 aliphatic rings. The van der Waals surface area contributed by atoms with Crippen LogP contribution in [0, 0.1) is 0 Å². The topological polar surface area (TPSA) is 78.9 Å². The van der Waals surface area contributed by atoms with E-state index in [0.717, 1.165) is 10.0 Å². The van der Waals surface area contributed by atoms with Crippen molar-refractivity contribution in [2.75, 3.05) is 0 Å². The molecule has 2 aromatic rings. The first-order chi connectivity index (χ1) is 7.18. The zero-order valence-electron chi connectivity index (χ0n) is 7.44. The van der Waals surface area contributed by atoms with Gasteiger partial charge in [-0.25, -0.2) is 9.78 Å². The van der Waals surface area contributed by atoms with E-state index in [1.807, 2.05) is 0 Å². The van der Waals surface area contributed by atoms with Gasteiger partial charge >= 0.3 is 5.97 Å². The van der Waals surface area contributed by atoms with Crippen LogP contribution in [0.5, 0.6) is 0 Å². The molecule has 0 saturated heterocycles. The maximum atomic E-state index is 10.6. The molecule has 0 aromatic carbocycles. The summed E-state index contributed by atoms with van der Waals surface area (Å²) in [4.78, 5) is 21.2. The minimum Gasteiger partial charge on any atom is -0.477 e. The van der Waals surface area contributed by atoms with Crippen molar-refractivity contribution in [2.45, 2.75) is 0 Å². The lowest BCUT2D eigenvalue weighted by molar-refractivity contribution is 0.0691. The molecule has 0 aliphatic carbocycles. The van der Waals surface area contributed by atoms with Gasteiger partial charge in [-0.15, -0.1) is 0 Å². The van der Waals surface area contributed by atoms with Gasteiger partial charge in [-0.3, -0.25) is 4.98 Å². The van der Waals surface area contributed by atoms with Crippen LogP contribution >= 0.6 is 15.9 Å². The van der Waals surface area contributed by atoms with Crippen LogP contribution in [0.4, 0.5) is 0 Å². The number of halogens is 1. The number of nitrogens with one attached hydrogen (secondary N) is 1. The number of aromatic nitrogens is 3. The second-order valence-corrected chi connectivity index (χ2v) is 3.66. The van der Waals surface area contributed by atoms with E-state index < -0.39 is 5.97 Å². The molecule has 2 heterocycles. The lowest BCUT2D eigenvalue weighted by Gasteiger charge is -1.98. The van der Waals surface area contributed by atoms with Gasteiger partial charge in [0.1, 0.15) is 11.5 Å². The highest BCUT2D eigenvalue weighted by Crippen LogP contribution is 2.24. The number of hydrogen-bond donors (Lipinski definition) is 2. The maximum absolute atomic E-state index is 10.6. The Morgan fingerprint density at radius 1 is 1.47 bits per heavy atom. The molecule has 0 bridgehead atoms. The first-order valence-corrected chi connectivity index (χ1v) is 4.86. The van der Waals surface area contributed by atoms with Gasteiger partial charge in [0.05, 0.1) is 6.20 Å². The Labute approximate surface area is 93.3 Å². The first-order valence-electron chi connectivity index (χ1n) is 4.06. The summed E-state index contributed by atoms with van der Waals surface area (Å²) in [6.07, 6.45) is 4.52. The Balaban J connectivity index is 2.46. The van der Waals surface area contributed by atoms with Gasteiger partial charge in [0, 0.05) is 22.4 Å². The molecule has 0 atom stereocenters. The molecule has 0 fully saturated rings. The van der Waals surface area contributed by atoms with Crippen LogP contribution < -0.4 is 0 Å². The van der Waals surface area contributed by atoms with Crippen LogP contribution in [0.1, 0.15) is 10.5 Å². The molecular weight excluding hydrogens is 262 g/mol. The zero-order valence-corrected chi connectivity index (χ0v) is 9.02. The third-order valence-electron chi connectivity index (χ3n) is 1.83. The lowest BCUT2D eigenvalue weighted by Crippen LogP contribution is -1.95. The van der Waals surface area contributed by atoms with Crippen LogP contribution in [0.15, 0.2) is 29.1 Å². The number of imidazole rings is 1. The highest BCUT2D eigenvalue weighted by atomic mass is 79.9. The monoisotopic (exact) mass is 267 g/mol. The van der Waals surface area contributed by atoms with Crippen LogP contribution in [-0.4, -0.2) is 26.0 Å². The standard InChI is InChI=1S/C9H6BrN3O2/c10-6-3-11-2-1-5(6)8-12-4-7(13-8)9(14)15/h1-4H,(H,12,13)(H,14,15). The predicted molar refractivity (Wildman–Crippen MR) is 56.5 cm³/mol. The molecule has 2 aromatic heterocycles. The maximum Gasteiger partial charge on any atom is 0.353 e. The largest absolute Gasteiger partial charge is 0.477 e. The minimum atomic E-state index is -1.03. The quantitative estimate of drug-likeness (QED) is 0.872. The molecule has 0 unspecified atom stereocenters. The van der Waals surface area contributed by atoms with E-state index in [-0.39, 0.29) is 5.69 Å². The van der Waals surface area contributed by atoms with Crippen molar-refractivity contribution in [3.63, 3.8) is 0 Å². The fraction of sp³-hybridized carbons (Fsp3) is 0. The third kappa shape index (κ3) is 1.89. The summed E-state index contributed by atoms with van der Waals surface area (Å²) in [6.45, 7) is 0. The Bertz CT molecular complexity index is 510. The Kier molecular flexibility index (Phi) is 2.51. The summed E-state index contributed by atoms with van der Waals surface area (Å²) in [7, 11) is 0. The number of aromatic amines is 1. The van der Waals surface area contributed by atoms with Crippen molar-refractivity contribution in [3.8, 4) is 11.4 Å². The summed E-state index contributed by atoms with van der Waals surface area (Å²) in [5.41, 5.74) is 0.839. The number of pyridine rings is 1. The molecule has 0 amide bonds.